The molecule has 144 valence electrons. The zero-order valence-corrected chi connectivity index (χ0v) is 16.0. The van der Waals surface area contributed by atoms with Crippen LogP contribution in [0.25, 0.3) is 16.6 Å². The highest BCUT2D eigenvalue weighted by Gasteiger charge is 2.18. The van der Waals surface area contributed by atoms with Gasteiger partial charge in [-0.25, -0.2) is 9.89 Å². The zero-order valence-electron chi connectivity index (χ0n) is 16.0. The monoisotopic (exact) mass is 377 g/mol. The highest BCUT2D eigenvalue weighted by Crippen LogP contribution is 2.28. The molecule has 0 bridgehead atoms. The second kappa shape index (κ2) is 7.42. The standard InChI is InChI=1S/C21H23N5O2/c1-13(15-7-4-3-5-8-15)23-20(27)17-10-6-9-16(11-17)19-14(2)25-26-18(19)12-22-24-21(26)28/h6-7,9-13H,3-5,8H2,1-2H3,(H,23,27)(H,24,28)/t13-/m1/s1. The Labute approximate surface area is 162 Å². The minimum atomic E-state index is -0.393. The lowest BCUT2D eigenvalue weighted by atomic mass is 9.94. The third-order valence-corrected chi connectivity index (χ3v) is 5.28. The molecule has 0 aliphatic heterocycles. The van der Waals surface area contributed by atoms with Gasteiger partial charge in [0.15, 0.2) is 0 Å². The molecule has 4 rings (SSSR count). The van der Waals surface area contributed by atoms with Gasteiger partial charge in [0.05, 0.1) is 11.9 Å². The lowest BCUT2D eigenvalue weighted by Crippen LogP contribution is -2.34. The van der Waals surface area contributed by atoms with E-state index >= 15 is 0 Å². The lowest BCUT2D eigenvalue weighted by molar-refractivity contribution is 0.0944. The summed E-state index contributed by atoms with van der Waals surface area (Å²) in [6, 6.07) is 7.42. The van der Waals surface area contributed by atoms with Gasteiger partial charge in [0, 0.05) is 17.2 Å². The van der Waals surface area contributed by atoms with Crippen LogP contribution in [-0.2, 0) is 0 Å². The number of H-pyrrole nitrogens is 1. The van der Waals surface area contributed by atoms with E-state index in [1.165, 1.54) is 22.9 Å². The Kier molecular flexibility index (Phi) is 4.81. The van der Waals surface area contributed by atoms with Crippen LogP contribution in [0.3, 0.4) is 0 Å². The first-order chi connectivity index (χ1) is 13.5. The van der Waals surface area contributed by atoms with Crippen LogP contribution in [0, 0.1) is 6.92 Å². The van der Waals surface area contributed by atoms with Gasteiger partial charge in [-0.1, -0.05) is 23.8 Å². The summed E-state index contributed by atoms with van der Waals surface area (Å²) in [5.41, 5.74) is 4.44. The van der Waals surface area contributed by atoms with Gasteiger partial charge in [-0.05, 0) is 57.2 Å². The molecule has 0 saturated carbocycles. The Hall–Kier alpha value is -3.22. The molecule has 7 nitrogen and oxygen atoms in total. The summed E-state index contributed by atoms with van der Waals surface area (Å²) in [5, 5.41) is 13.7. The van der Waals surface area contributed by atoms with Gasteiger partial charge in [-0.15, -0.1) is 0 Å². The maximum absolute atomic E-state index is 12.8. The number of allylic oxidation sites excluding steroid dienone is 1. The Bertz CT molecular complexity index is 1130. The quantitative estimate of drug-likeness (QED) is 0.684. The number of carbonyl (C=O) groups excluding carboxylic acids is 1. The first-order valence-electron chi connectivity index (χ1n) is 9.58. The summed E-state index contributed by atoms with van der Waals surface area (Å²) in [6.07, 6.45) is 8.36. The van der Waals surface area contributed by atoms with Crippen molar-refractivity contribution in [1.82, 2.24) is 25.1 Å². The molecule has 0 fully saturated rings. The second-order valence-electron chi connectivity index (χ2n) is 7.23. The first-order valence-corrected chi connectivity index (χ1v) is 9.58. The van der Waals surface area contributed by atoms with Crippen LogP contribution in [0.4, 0.5) is 0 Å². The summed E-state index contributed by atoms with van der Waals surface area (Å²) in [6.45, 7) is 3.87. The highest BCUT2D eigenvalue weighted by molar-refractivity contribution is 5.96. The van der Waals surface area contributed by atoms with Crippen molar-refractivity contribution in [1.29, 1.82) is 0 Å². The predicted molar refractivity (Wildman–Crippen MR) is 107 cm³/mol. The number of nitrogens with zero attached hydrogens (tertiary/aromatic N) is 3. The topological polar surface area (TPSA) is 92.2 Å². The molecular formula is C21H23N5O2. The van der Waals surface area contributed by atoms with Crippen molar-refractivity contribution in [2.75, 3.05) is 0 Å². The summed E-state index contributed by atoms with van der Waals surface area (Å²) in [5.74, 6) is -0.106. The largest absolute Gasteiger partial charge is 0.363 e. The zero-order chi connectivity index (χ0) is 19.7. The lowest BCUT2D eigenvalue weighted by Gasteiger charge is -2.21. The van der Waals surface area contributed by atoms with Crippen molar-refractivity contribution in [3.8, 4) is 11.1 Å². The van der Waals surface area contributed by atoms with E-state index in [0.29, 0.717) is 16.8 Å². The van der Waals surface area contributed by atoms with E-state index in [-0.39, 0.29) is 11.9 Å². The number of carbonyl (C=O) groups is 1. The number of benzene rings is 1. The minimum Gasteiger partial charge on any atom is -0.346 e. The molecule has 0 saturated heterocycles. The Morgan fingerprint density at radius 2 is 2.18 bits per heavy atom. The molecule has 2 N–H and O–H groups in total. The normalized spacial score (nSPS) is 15.3. The molecule has 28 heavy (non-hydrogen) atoms. The van der Waals surface area contributed by atoms with Gasteiger partial charge in [0.2, 0.25) is 0 Å². The molecule has 1 amide bonds. The van der Waals surface area contributed by atoms with Crippen LogP contribution in [0.5, 0.6) is 0 Å². The number of hydrogen-bond donors (Lipinski definition) is 2. The van der Waals surface area contributed by atoms with Crippen molar-refractivity contribution in [2.45, 2.75) is 45.6 Å². The van der Waals surface area contributed by atoms with Crippen LogP contribution >= 0.6 is 0 Å². The Morgan fingerprint density at radius 1 is 1.32 bits per heavy atom. The van der Waals surface area contributed by atoms with Gasteiger partial charge in [-0.2, -0.15) is 14.7 Å². The van der Waals surface area contributed by atoms with Crippen molar-refractivity contribution in [2.24, 2.45) is 0 Å². The molecule has 1 aliphatic carbocycles. The van der Waals surface area contributed by atoms with Crippen LogP contribution < -0.4 is 11.0 Å². The van der Waals surface area contributed by atoms with E-state index in [4.69, 9.17) is 0 Å². The minimum absolute atomic E-state index is 0.0259. The maximum atomic E-state index is 12.8. The second-order valence-corrected chi connectivity index (χ2v) is 7.23. The number of aryl methyl sites for hydroxylation is 1. The van der Waals surface area contributed by atoms with Crippen molar-refractivity contribution in [3.63, 3.8) is 0 Å². The van der Waals surface area contributed by atoms with Crippen molar-refractivity contribution >= 4 is 11.4 Å². The molecule has 1 aliphatic rings. The van der Waals surface area contributed by atoms with Crippen molar-refractivity contribution < 1.29 is 4.79 Å². The number of aromatic amines is 1. The third-order valence-electron chi connectivity index (χ3n) is 5.28. The number of nitrogens with one attached hydrogen (secondary N) is 2. The molecule has 2 aromatic heterocycles. The number of hydrogen-bond acceptors (Lipinski definition) is 4. The van der Waals surface area contributed by atoms with Crippen LogP contribution in [0.1, 0.15) is 48.7 Å². The molecule has 3 aromatic rings. The van der Waals surface area contributed by atoms with Crippen LogP contribution in [0.15, 0.2) is 46.9 Å². The van der Waals surface area contributed by atoms with Gasteiger partial charge in [-0.3, -0.25) is 4.79 Å². The molecule has 0 unspecified atom stereocenters. The molecule has 2 heterocycles. The molecule has 1 aromatic carbocycles. The van der Waals surface area contributed by atoms with Gasteiger partial charge < -0.3 is 5.32 Å². The van der Waals surface area contributed by atoms with Gasteiger partial charge in [0.25, 0.3) is 5.91 Å². The first kappa shape index (κ1) is 18.2. The van der Waals surface area contributed by atoms with E-state index in [0.717, 1.165) is 24.0 Å². The number of aromatic nitrogens is 4. The van der Waals surface area contributed by atoms with E-state index < -0.39 is 5.69 Å². The van der Waals surface area contributed by atoms with Crippen molar-refractivity contribution in [3.05, 3.63) is 63.9 Å². The third kappa shape index (κ3) is 3.35. The summed E-state index contributed by atoms with van der Waals surface area (Å²) >= 11 is 0. The fourth-order valence-corrected chi connectivity index (χ4v) is 3.82. The average Bonchev–Trinajstić information content (AvgIpc) is 3.06. The fourth-order valence-electron chi connectivity index (χ4n) is 3.82. The summed E-state index contributed by atoms with van der Waals surface area (Å²) < 4.78 is 1.29. The molecular weight excluding hydrogens is 354 g/mol. The fraction of sp³-hybridized carbons (Fsp3) is 0.333. The molecule has 0 radical (unpaired) electrons. The Morgan fingerprint density at radius 3 is 2.96 bits per heavy atom. The highest BCUT2D eigenvalue weighted by atomic mass is 16.2. The van der Waals surface area contributed by atoms with Crippen LogP contribution in [0.2, 0.25) is 0 Å². The molecule has 7 heteroatoms. The Balaban J connectivity index is 1.64. The number of rotatable bonds is 4. The van der Waals surface area contributed by atoms with Gasteiger partial charge >= 0.3 is 5.69 Å². The predicted octanol–water partition coefficient (Wildman–Crippen LogP) is 3.01. The van der Waals surface area contributed by atoms with Gasteiger partial charge in [0.1, 0.15) is 5.52 Å². The van der Waals surface area contributed by atoms with Crippen LogP contribution in [-0.4, -0.2) is 31.8 Å². The average molecular weight is 377 g/mol. The smallest absolute Gasteiger partial charge is 0.346 e. The van der Waals surface area contributed by atoms with E-state index in [2.05, 4.69) is 26.7 Å². The van der Waals surface area contributed by atoms with E-state index in [1.807, 2.05) is 32.0 Å². The number of amides is 1. The summed E-state index contributed by atoms with van der Waals surface area (Å²) in [7, 11) is 0. The molecule has 0 spiro atoms. The summed E-state index contributed by atoms with van der Waals surface area (Å²) in [4.78, 5) is 24.7. The SMILES string of the molecule is Cc1nn2c(=O)[nH]ncc2c1-c1cccc(C(=O)N[C@H](C)C2=CCCCC2)c1. The number of fused-ring (bicyclic) bond motifs is 1. The van der Waals surface area contributed by atoms with E-state index in [9.17, 15) is 9.59 Å². The van der Waals surface area contributed by atoms with E-state index in [1.54, 1.807) is 12.3 Å². The maximum Gasteiger partial charge on any atom is 0.363 e. The molecule has 1 atom stereocenters.